The Labute approximate surface area is 351 Å². The number of hydrogen-bond acceptors (Lipinski definition) is 0. The Morgan fingerprint density at radius 2 is 0.404 bits per heavy atom. The molecule has 0 aliphatic heterocycles. The maximum absolute atomic E-state index is 4.60. The summed E-state index contributed by atoms with van der Waals surface area (Å²) in [4.78, 5) is 0. The van der Waals surface area contributed by atoms with Gasteiger partial charge in [0, 0.05) is 0 Å². The third-order valence-corrected chi connectivity index (χ3v) is 7.63. The summed E-state index contributed by atoms with van der Waals surface area (Å²) in [5, 5.41) is 0. The van der Waals surface area contributed by atoms with E-state index in [4.69, 9.17) is 0 Å². The summed E-state index contributed by atoms with van der Waals surface area (Å²) < 4.78 is 0. The van der Waals surface area contributed by atoms with Crippen LogP contribution in [0.3, 0.4) is 0 Å². The van der Waals surface area contributed by atoms with Gasteiger partial charge in [-0.25, -0.2) is 0 Å². The molecule has 0 nitrogen and oxygen atoms in total. The van der Waals surface area contributed by atoms with E-state index in [1.165, 1.54) is 66.8 Å². The van der Waals surface area contributed by atoms with Gasteiger partial charge in [-0.1, -0.05) is 190 Å². The second-order valence-corrected chi connectivity index (χ2v) is 13.7. The first-order valence-electron chi connectivity index (χ1n) is 19.3. The zero-order chi connectivity index (χ0) is 44.0. The van der Waals surface area contributed by atoms with E-state index in [2.05, 4.69) is 266 Å². The minimum Gasteiger partial charge on any atom is -0.120 e. The fraction of sp³-hybridized carbons (Fsp3) is 0.263. The predicted molar refractivity (Wildman–Crippen MR) is 259 cm³/mol. The third-order valence-electron chi connectivity index (χ3n) is 7.63. The number of benzene rings is 6. The average Bonchev–Trinajstić information content (AvgIpc) is 3.16. The Morgan fingerprint density at radius 3 is 0.509 bits per heavy atom. The van der Waals surface area contributed by atoms with Gasteiger partial charge < -0.3 is 0 Å². The van der Waals surface area contributed by atoms with E-state index in [0.29, 0.717) is 0 Å². The SMILES string of the molecule is C#CC.C#CC.C#CC.Cc1ccc(C)cc1.Cc1ccc(C)cc1.Cc1cccc(C)c1.Cc1cccc(C)c1.Cc1ccccc1C.Cc1ccccc1C. The van der Waals surface area contributed by atoms with Gasteiger partial charge in [0.1, 0.15) is 0 Å². The molecule has 0 unspecified atom stereocenters. The Hall–Kier alpha value is -6.00. The van der Waals surface area contributed by atoms with Crippen LogP contribution in [0.25, 0.3) is 0 Å². The molecule has 0 radical (unpaired) electrons. The lowest BCUT2D eigenvalue weighted by atomic mass is 10.1. The summed E-state index contributed by atoms with van der Waals surface area (Å²) in [5.74, 6) is 6.75. The second kappa shape index (κ2) is 36.9. The highest BCUT2D eigenvalue weighted by Gasteiger charge is 1.85. The van der Waals surface area contributed by atoms with Crippen molar-refractivity contribution in [3.63, 3.8) is 0 Å². The fourth-order valence-electron chi connectivity index (χ4n) is 4.21. The van der Waals surface area contributed by atoms with Crippen molar-refractivity contribution in [1.29, 1.82) is 0 Å². The quantitative estimate of drug-likeness (QED) is 0.135. The normalized spacial score (nSPS) is 8.21. The molecule has 300 valence electrons. The van der Waals surface area contributed by atoms with E-state index >= 15 is 0 Å². The van der Waals surface area contributed by atoms with Crippen molar-refractivity contribution in [2.24, 2.45) is 0 Å². The minimum atomic E-state index is 1.33. The molecule has 0 N–H and O–H groups in total. The molecule has 0 spiro atoms. The summed E-state index contributed by atoms with van der Waals surface area (Å²) in [7, 11) is 0. The highest BCUT2D eigenvalue weighted by Crippen LogP contribution is 2.04. The van der Waals surface area contributed by atoms with E-state index in [-0.39, 0.29) is 0 Å². The first-order valence-corrected chi connectivity index (χ1v) is 19.3. The molecule has 0 saturated heterocycles. The molecule has 0 atom stereocenters. The van der Waals surface area contributed by atoms with Crippen molar-refractivity contribution in [3.05, 3.63) is 212 Å². The molecule has 0 aromatic heterocycles. The van der Waals surface area contributed by atoms with Gasteiger partial charge in [0.2, 0.25) is 0 Å². The molecular weight excluding hydrogens is 685 g/mol. The summed E-state index contributed by atoms with van der Waals surface area (Å²) in [6.07, 6.45) is 13.8. The monoisotopic (exact) mass is 757 g/mol. The smallest absolute Gasteiger partial charge is 0.00297 e. The molecule has 0 aliphatic carbocycles. The zero-order valence-corrected chi connectivity index (χ0v) is 38.1. The first kappa shape index (κ1) is 55.3. The van der Waals surface area contributed by atoms with Gasteiger partial charge in [0.15, 0.2) is 0 Å². The number of rotatable bonds is 0. The van der Waals surface area contributed by atoms with Crippen molar-refractivity contribution in [2.75, 3.05) is 0 Å². The minimum absolute atomic E-state index is 1.33. The van der Waals surface area contributed by atoms with Gasteiger partial charge in [-0.15, -0.1) is 37.0 Å². The summed E-state index contributed by atoms with van der Waals surface area (Å²) >= 11 is 0. The summed E-state index contributed by atoms with van der Waals surface area (Å²) in [6, 6.07) is 50.6. The largest absolute Gasteiger partial charge is 0.120 e. The third kappa shape index (κ3) is 36.7. The molecule has 6 rings (SSSR count). The predicted octanol–water partition coefficient (Wildman–Crippen LogP) is 15.7. The van der Waals surface area contributed by atoms with Gasteiger partial charge in [-0.05, 0) is 126 Å². The molecule has 6 aromatic rings. The van der Waals surface area contributed by atoms with Crippen molar-refractivity contribution in [2.45, 2.75) is 104 Å². The Kier molecular flexibility index (Phi) is 35.9. The van der Waals surface area contributed by atoms with E-state index in [1.807, 2.05) is 0 Å². The van der Waals surface area contributed by atoms with E-state index < -0.39 is 0 Å². The van der Waals surface area contributed by atoms with Gasteiger partial charge in [0.05, 0.1) is 0 Å². The molecule has 0 fully saturated rings. The first-order chi connectivity index (χ1) is 27.0. The molecule has 6 aromatic carbocycles. The highest BCUT2D eigenvalue weighted by molar-refractivity contribution is 5.25. The van der Waals surface area contributed by atoms with Crippen LogP contribution in [-0.4, -0.2) is 0 Å². The molecule has 0 aliphatic rings. The number of aryl methyl sites for hydroxylation is 12. The lowest BCUT2D eigenvalue weighted by molar-refractivity contribution is 1.34. The van der Waals surface area contributed by atoms with Crippen LogP contribution in [0.5, 0.6) is 0 Å². The zero-order valence-electron chi connectivity index (χ0n) is 38.1. The van der Waals surface area contributed by atoms with Crippen molar-refractivity contribution in [1.82, 2.24) is 0 Å². The fourth-order valence-corrected chi connectivity index (χ4v) is 4.21. The van der Waals surface area contributed by atoms with Crippen molar-refractivity contribution < 1.29 is 0 Å². The molecule has 0 saturated carbocycles. The highest BCUT2D eigenvalue weighted by atomic mass is 13.9. The topological polar surface area (TPSA) is 0 Å². The Morgan fingerprint density at radius 1 is 0.246 bits per heavy atom. The van der Waals surface area contributed by atoms with Crippen LogP contribution in [-0.2, 0) is 0 Å². The van der Waals surface area contributed by atoms with Crippen LogP contribution in [0.4, 0.5) is 0 Å². The van der Waals surface area contributed by atoms with Gasteiger partial charge in [-0.3, -0.25) is 0 Å². The molecule has 0 amide bonds. The Bertz CT molecular complexity index is 1710. The van der Waals surface area contributed by atoms with Gasteiger partial charge in [-0.2, -0.15) is 0 Å². The molecule has 0 heteroatoms. The average molecular weight is 757 g/mol. The van der Waals surface area contributed by atoms with Gasteiger partial charge >= 0.3 is 0 Å². The van der Waals surface area contributed by atoms with Crippen LogP contribution in [0.1, 0.15) is 87.5 Å². The lowest BCUT2D eigenvalue weighted by Gasteiger charge is -1.93. The van der Waals surface area contributed by atoms with Crippen LogP contribution in [0.15, 0.2) is 146 Å². The van der Waals surface area contributed by atoms with Crippen molar-refractivity contribution >= 4 is 0 Å². The van der Waals surface area contributed by atoms with Crippen LogP contribution >= 0.6 is 0 Å². The maximum Gasteiger partial charge on any atom is -0.00297 e. The lowest BCUT2D eigenvalue weighted by Crippen LogP contribution is -1.74. The Balaban J connectivity index is -0.000000589. The summed E-state index contributed by atoms with van der Waals surface area (Å²) in [5.41, 5.74) is 16.1. The second-order valence-electron chi connectivity index (χ2n) is 13.7. The van der Waals surface area contributed by atoms with E-state index in [1.54, 1.807) is 20.8 Å². The van der Waals surface area contributed by atoms with E-state index in [0.717, 1.165) is 0 Å². The number of hydrogen-bond donors (Lipinski definition) is 0. The van der Waals surface area contributed by atoms with Crippen molar-refractivity contribution in [3.8, 4) is 37.0 Å². The van der Waals surface area contributed by atoms with Crippen LogP contribution in [0, 0.1) is 120 Å². The molecule has 0 heterocycles. The van der Waals surface area contributed by atoms with E-state index in [9.17, 15) is 0 Å². The molecule has 57 heavy (non-hydrogen) atoms. The molecular formula is C57H72. The molecule has 0 bridgehead atoms. The summed E-state index contributed by atoms with van der Waals surface area (Å²) in [6.45, 7) is 30.2. The van der Waals surface area contributed by atoms with Crippen LogP contribution < -0.4 is 0 Å². The standard InChI is InChI=1S/6C8H10.3C3H4/c2*1-7-3-5-8(2)6-4-7;2*1-7-4-3-5-8(2)6-7;2*1-7-5-3-4-6-8(7)2;3*1-3-2/h6*3-6H,1-2H3;3*1H,2H3. The van der Waals surface area contributed by atoms with Gasteiger partial charge in [0.25, 0.3) is 0 Å². The van der Waals surface area contributed by atoms with Crippen LogP contribution in [0.2, 0.25) is 0 Å². The number of terminal acetylenes is 3. The maximum atomic E-state index is 4.60.